The fourth-order valence-electron chi connectivity index (χ4n) is 2.09. The van der Waals surface area contributed by atoms with E-state index in [1.165, 1.54) is 30.3 Å². The third kappa shape index (κ3) is 3.59. The van der Waals surface area contributed by atoms with Gasteiger partial charge < -0.3 is 9.47 Å². The number of hydrogen-bond donors (Lipinski definition) is 1. The molecule has 0 saturated heterocycles. The van der Waals surface area contributed by atoms with Gasteiger partial charge in [-0.15, -0.1) is 0 Å². The second-order valence-corrected chi connectivity index (χ2v) is 7.49. The zero-order chi connectivity index (χ0) is 16.4. The van der Waals surface area contributed by atoms with E-state index in [1.54, 1.807) is 6.07 Å². The highest BCUT2D eigenvalue weighted by atomic mass is 79.9. The predicted octanol–water partition coefficient (Wildman–Crippen LogP) is 3.55. The van der Waals surface area contributed by atoms with Crippen LogP contribution in [-0.2, 0) is 10.0 Å². The summed E-state index contributed by atoms with van der Waals surface area (Å²) in [5, 5.41) is 0. The molecular weight excluding hydrogens is 389 g/mol. The summed E-state index contributed by atoms with van der Waals surface area (Å²) in [4.78, 5) is -0.0240. The Labute approximate surface area is 141 Å². The second kappa shape index (κ2) is 6.37. The van der Waals surface area contributed by atoms with Crippen LogP contribution < -0.4 is 14.2 Å². The molecule has 0 spiro atoms. The van der Waals surface area contributed by atoms with Crippen molar-refractivity contribution in [2.45, 2.75) is 11.3 Å². The molecule has 1 heterocycles. The highest BCUT2D eigenvalue weighted by molar-refractivity contribution is 9.10. The van der Waals surface area contributed by atoms with E-state index in [1.807, 2.05) is 0 Å². The van der Waals surface area contributed by atoms with E-state index in [4.69, 9.17) is 9.47 Å². The van der Waals surface area contributed by atoms with Crippen LogP contribution in [0.2, 0.25) is 0 Å². The van der Waals surface area contributed by atoms with Gasteiger partial charge in [-0.25, -0.2) is 12.8 Å². The molecule has 0 bridgehead atoms. The van der Waals surface area contributed by atoms with Crippen molar-refractivity contribution < 1.29 is 22.3 Å². The van der Waals surface area contributed by atoms with Gasteiger partial charge in [-0.1, -0.05) is 15.9 Å². The summed E-state index contributed by atoms with van der Waals surface area (Å²) in [5.74, 6) is 0.190. The van der Waals surface area contributed by atoms with Crippen molar-refractivity contribution >= 4 is 31.6 Å². The smallest absolute Gasteiger partial charge is 0.262 e. The molecule has 1 aliphatic heterocycles. The van der Waals surface area contributed by atoms with Gasteiger partial charge in [0, 0.05) is 17.0 Å². The summed E-state index contributed by atoms with van der Waals surface area (Å²) < 4.78 is 52.4. The fraction of sp³-hybridized carbons (Fsp3) is 0.200. The number of rotatable bonds is 3. The predicted molar refractivity (Wildman–Crippen MR) is 87.0 cm³/mol. The van der Waals surface area contributed by atoms with Crippen LogP contribution in [0.1, 0.15) is 6.42 Å². The quantitative estimate of drug-likeness (QED) is 0.853. The molecule has 0 fully saturated rings. The maximum atomic E-state index is 13.8. The Balaban J connectivity index is 1.92. The van der Waals surface area contributed by atoms with Crippen molar-refractivity contribution in [1.82, 2.24) is 0 Å². The SMILES string of the molecule is O=S(=O)(Nc1ccc(Br)cc1F)c1ccc2c(c1)OCCCO2. The molecule has 0 aromatic heterocycles. The van der Waals surface area contributed by atoms with Gasteiger partial charge in [0.25, 0.3) is 10.0 Å². The van der Waals surface area contributed by atoms with Crippen LogP contribution in [0.25, 0.3) is 0 Å². The molecule has 1 N–H and O–H groups in total. The molecule has 0 atom stereocenters. The first kappa shape index (κ1) is 16.1. The van der Waals surface area contributed by atoms with Gasteiger partial charge >= 0.3 is 0 Å². The minimum atomic E-state index is -3.93. The third-order valence-electron chi connectivity index (χ3n) is 3.20. The highest BCUT2D eigenvalue weighted by Gasteiger charge is 2.20. The molecule has 8 heteroatoms. The van der Waals surface area contributed by atoms with Crippen LogP contribution in [0.4, 0.5) is 10.1 Å². The molecule has 0 unspecified atom stereocenters. The lowest BCUT2D eigenvalue weighted by Crippen LogP contribution is -2.14. The van der Waals surface area contributed by atoms with Crippen LogP contribution in [0, 0.1) is 5.82 Å². The highest BCUT2D eigenvalue weighted by Crippen LogP contribution is 2.32. The third-order valence-corrected chi connectivity index (χ3v) is 5.06. The first-order valence-corrected chi connectivity index (χ1v) is 9.11. The molecule has 2 aromatic rings. The maximum absolute atomic E-state index is 13.8. The Kier molecular flexibility index (Phi) is 4.45. The molecule has 0 saturated carbocycles. The number of halogens is 2. The van der Waals surface area contributed by atoms with Crippen molar-refractivity contribution in [1.29, 1.82) is 0 Å². The number of benzene rings is 2. The summed E-state index contributed by atoms with van der Waals surface area (Å²) in [6.45, 7) is 0.965. The molecule has 23 heavy (non-hydrogen) atoms. The summed E-state index contributed by atoms with van der Waals surface area (Å²) in [6.07, 6.45) is 0.721. The minimum absolute atomic E-state index is 0.0240. The molecule has 122 valence electrons. The van der Waals surface area contributed by atoms with E-state index in [0.717, 1.165) is 6.42 Å². The Morgan fingerprint density at radius 2 is 1.78 bits per heavy atom. The van der Waals surface area contributed by atoms with Crippen molar-refractivity contribution in [3.63, 3.8) is 0 Å². The molecule has 0 amide bonds. The monoisotopic (exact) mass is 401 g/mol. The van der Waals surface area contributed by atoms with Crippen molar-refractivity contribution in [3.05, 3.63) is 46.7 Å². The summed E-state index contributed by atoms with van der Waals surface area (Å²) in [6, 6.07) is 8.39. The van der Waals surface area contributed by atoms with E-state index in [-0.39, 0.29) is 10.6 Å². The Morgan fingerprint density at radius 1 is 1.04 bits per heavy atom. The van der Waals surface area contributed by atoms with Gasteiger partial charge in [0.05, 0.1) is 23.8 Å². The van der Waals surface area contributed by atoms with Crippen molar-refractivity contribution in [3.8, 4) is 11.5 Å². The van der Waals surface area contributed by atoms with Gasteiger partial charge in [0.1, 0.15) is 5.82 Å². The Bertz CT molecular complexity index is 841. The van der Waals surface area contributed by atoms with Crippen LogP contribution >= 0.6 is 15.9 Å². The lowest BCUT2D eigenvalue weighted by atomic mass is 10.3. The zero-order valence-electron chi connectivity index (χ0n) is 11.9. The standard InChI is InChI=1S/C15H13BrFNO4S/c16-10-2-4-13(12(17)8-10)18-23(19,20)11-3-5-14-15(9-11)22-7-1-6-21-14/h2-5,8-9,18H,1,6-7H2. The summed E-state index contributed by atoms with van der Waals surface area (Å²) in [5.41, 5.74) is -0.125. The van der Waals surface area contributed by atoms with Crippen LogP contribution in [0.5, 0.6) is 11.5 Å². The Morgan fingerprint density at radius 3 is 2.52 bits per heavy atom. The van der Waals surface area contributed by atoms with Crippen molar-refractivity contribution in [2.24, 2.45) is 0 Å². The van der Waals surface area contributed by atoms with Crippen LogP contribution in [0.3, 0.4) is 0 Å². The minimum Gasteiger partial charge on any atom is -0.490 e. The summed E-state index contributed by atoms with van der Waals surface area (Å²) in [7, 11) is -3.93. The largest absolute Gasteiger partial charge is 0.490 e. The van der Waals surface area contributed by atoms with Crippen LogP contribution in [-0.4, -0.2) is 21.6 Å². The normalized spacial score (nSPS) is 14.2. The van der Waals surface area contributed by atoms with Crippen LogP contribution in [0.15, 0.2) is 45.8 Å². The molecule has 3 rings (SSSR count). The van der Waals surface area contributed by atoms with E-state index >= 15 is 0 Å². The average Bonchev–Trinajstić information content (AvgIpc) is 2.74. The second-order valence-electron chi connectivity index (χ2n) is 4.89. The van der Waals surface area contributed by atoms with Gasteiger partial charge in [-0.2, -0.15) is 0 Å². The number of fused-ring (bicyclic) bond motifs is 1. The average molecular weight is 402 g/mol. The van der Waals surface area contributed by atoms with E-state index in [9.17, 15) is 12.8 Å². The van der Waals surface area contributed by atoms with Gasteiger partial charge in [0.15, 0.2) is 11.5 Å². The zero-order valence-corrected chi connectivity index (χ0v) is 14.3. The Hall–Kier alpha value is -1.80. The number of nitrogens with one attached hydrogen (secondary N) is 1. The molecule has 5 nitrogen and oxygen atoms in total. The summed E-state index contributed by atoms with van der Waals surface area (Å²) >= 11 is 3.12. The molecule has 0 radical (unpaired) electrons. The van der Waals surface area contributed by atoms with Gasteiger partial charge in [-0.3, -0.25) is 4.72 Å². The molecular formula is C15H13BrFNO4S. The topological polar surface area (TPSA) is 64.6 Å². The van der Waals surface area contributed by atoms with E-state index < -0.39 is 15.8 Å². The fourth-order valence-corrected chi connectivity index (χ4v) is 3.50. The molecule has 2 aromatic carbocycles. The van der Waals surface area contributed by atoms with E-state index in [2.05, 4.69) is 20.7 Å². The van der Waals surface area contributed by atoms with Gasteiger partial charge in [-0.05, 0) is 30.3 Å². The first-order valence-electron chi connectivity index (χ1n) is 6.83. The lowest BCUT2D eigenvalue weighted by molar-refractivity contribution is 0.297. The van der Waals surface area contributed by atoms with Gasteiger partial charge in [0.2, 0.25) is 0 Å². The number of anilines is 1. The molecule has 1 aliphatic rings. The lowest BCUT2D eigenvalue weighted by Gasteiger charge is -2.12. The van der Waals surface area contributed by atoms with Crippen molar-refractivity contribution in [2.75, 3.05) is 17.9 Å². The number of sulfonamides is 1. The number of hydrogen-bond acceptors (Lipinski definition) is 4. The maximum Gasteiger partial charge on any atom is 0.262 e. The van der Waals surface area contributed by atoms with E-state index in [0.29, 0.717) is 29.2 Å². The number of ether oxygens (including phenoxy) is 2. The molecule has 0 aliphatic carbocycles. The first-order chi connectivity index (χ1) is 11.0.